The van der Waals surface area contributed by atoms with E-state index >= 15 is 0 Å². The Bertz CT molecular complexity index is 430. The summed E-state index contributed by atoms with van der Waals surface area (Å²) in [5, 5.41) is 2.91. The van der Waals surface area contributed by atoms with Crippen LogP contribution in [0.1, 0.15) is 26.3 Å². The summed E-state index contributed by atoms with van der Waals surface area (Å²) in [6, 6.07) is 9.75. The Morgan fingerprint density at radius 2 is 1.94 bits per heavy atom. The summed E-state index contributed by atoms with van der Waals surface area (Å²) in [4.78, 5) is 11.8. The predicted octanol–water partition coefficient (Wildman–Crippen LogP) is 3.46. The molecule has 0 spiro atoms. The third-order valence-corrected chi connectivity index (χ3v) is 2.46. The third kappa shape index (κ3) is 5.48. The van der Waals surface area contributed by atoms with Gasteiger partial charge in [0.2, 0.25) is 5.91 Å². The molecule has 2 heteroatoms. The number of allylic oxidation sites excluding steroid dienone is 3. The van der Waals surface area contributed by atoms with E-state index in [-0.39, 0.29) is 5.91 Å². The van der Waals surface area contributed by atoms with Crippen LogP contribution in [0.25, 0.3) is 0 Å². The molecule has 1 N–H and O–H groups in total. The van der Waals surface area contributed by atoms with E-state index in [1.807, 2.05) is 49.4 Å². The smallest absolute Gasteiger partial charge is 0.228 e. The van der Waals surface area contributed by atoms with Crippen LogP contribution in [-0.2, 0) is 11.2 Å². The molecule has 0 saturated heterocycles. The Morgan fingerprint density at radius 1 is 1.28 bits per heavy atom. The lowest BCUT2D eigenvalue weighted by Crippen LogP contribution is -2.23. The molecule has 18 heavy (non-hydrogen) atoms. The minimum absolute atomic E-state index is 0.0164. The minimum Gasteiger partial charge on any atom is -0.326 e. The van der Waals surface area contributed by atoms with Crippen LogP contribution < -0.4 is 5.32 Å². The fraction of sp³-hybridized carbons (Fsp3) is 0.312. The topological polar surface area (TPSA) is 29.1 Å². The number of rotatable bonds is 5. The third-order valence-electron chi connectivity index (χ3n) is 2.46. The minimum atomic E-state index is 0.0164. The van der Waals surface area contributed by atoms with E-state index in [1.54, 1.807) is 0 Å². The Labute approximate surface area is 109 Å². The van der Waals surface area contributed by atoms with Crippen LogP contribution in [0.2, 0.25) is 0 Å². The van der Waals surface area contributed by atoms with E-state index in [9.17, 15) is 4.79 Å². The van der Waals surface area contributed by atoms with Gasteiger partial charge in [0.05, 0.1) is 6.42 Å². The first kappa shape index (κ1) is 14.2. The monoisotopic (exact) mass is 243 g/mol. The van der Waals surface area contributed by atoms with Crippen molar-refractivity contribution >= 4 is 5.91 Å². The lowest BCUT2D eigenvalue weighted by atomic mass is 10.1. The number of hydrogen-bond donors (Lipinski definition) is 1. The van der Waals surface area contributed by atoms with Gasteiger partial charge < -0.3 is 5.32 Å². The summed E-state index contributed by atoms with van der Waals surface area (Å²) >= 11 is 0. The van der Waals surface area contributed by atoms with Gasteiger partial charge in [0, 0.05) is 5.70 Å². The highest BCUT2D eigenvalue weighted by molar-refractivity contribution is 5.80. The normalized spacial score (nSPS) is 12.1. The van der Waals surface area contributed by atoms with Crippen LogP contribution >= 0.6 is 0 Å². The van der Waals surface area contributed by atoms with Crippen molar-refractivity contribution in [2.75, 3.05) is 0 Å². The zero-order valence-corrected chi connectivity index (χ0v) is 11.3. The van der Waals surface area contributed by atoms with Gasteiger partial charge in [-0.3, -0.25) is 4.79 Å². The quantitative estimate of drug-likeness (QED) is 0.788. The summed E-state index contributed by atoms with van der Waals surface area (Å²) in [7, 11) is 0. The number of hydrogen-bond acceptors (Lipinski definition) is 1. The molecule has 1 amide bonds. The second-order valence-corrected chi connectivity index (χ2v) is 4.56. The summed E-state index contributed by atoms with van der Waals surface area (Å²) in [5.74, 6) is 0.494. The van der Waals surface area contributed by atoms with Crippen LogP contribution in [-0.4, -0.2) is 5.91 Å². The fourth-order valence-electron chi connectivity index (χ4n) is 1.49. The average molecular weight is 243 g/mol. The molecule has 0 saturated carbocycles. The number of amides is 1. The van der Waals surface area contributed by atoms with E-state index < -0.39 is 0 Å². The molecule has 0 aromatic heterocycles. The van der Waals surface area contributed by atoms with Gasteiger partial charge in [0.25, 0.3) is 0 Å². The van der Waals surface area contributed by atoms with Gasteiger partial charge in [-0.15, -0.1) is 0 Å². The standard InChI is InChI=1S/C16H21NO/c1-4-15(11-10-13(2)3)17-16(18)12-14-8-6-5-7-9-14/h4-11,13H,12H2,1-3H3,(H,17,18)/b11-10-,15-4+. The SMILES string of the molecule is C/C=C(\C=C/C(C)C)NC(=O)Cc1ccccc1. The Morgan fingerprint density at radius 3 is 2.50 bits per heavy atom. The maximum atomic E-state index is 11.8. The van der Waals surface area contributed by atoms with Gasteiger partial charge >= 0.3 is 0 Å². The molecule has 0 unspecified atom stereocenters. The van der Waals surface area contributed by atoms with Gasteiger partial charge in [-0.05, 0) is 24.5 Å². The Hall–Kier alpha value is -1.83. The molecule has 0 aliphatic heterocycles. The first-order chi connectivity index (χ1) is 8.61. The largest absolute Gasteiger partial charge is 0.326 e. The molecular formula is C16H21NO. The van der Waals surface area contributed by atoms with Crippen molar-refractivity contribution in [1.82, 2.24) is 5.32 Å². The van der Waals surface area contributed by atoms with Gasteiger partial charge in [-0.2, -0.15) is 0 Å². The van der Waals surface area contributed by atoms with Crippen molar-refractivity contribution in [2.24, 2.45) is 5.92 Å². The van der Waals surface area contributed by atoms with Gasteiger partial charge in [-0.25, -0.2) is 0 Å². The maximum absolute atomic E-state index is 11.8. The molecule has 0 aliphatic carbocycles. The molecule has 0 fully saturated rings. The lowest BCUT2D eigenvalue weighted by Gasteiger charge is -2.06. The molecule has 96 valence electrons. The molecule has 0 atom stereocenters. The van der Waals surface area contributed by atoms with Crippen molar-refractivity contribution in [3.63, 3.8) is 0 Å². The molecule has 0 aliphatic rings. The molecule has 2 nitrogen and oxygen atoms in total. The van der Waals surface area contributed by atoms with E-state index in [0.29, 0.717) is 12.3 Å². The molecule has 0 radical (unpaired) electrons. The fourth-order valence-corrected chi connectivity index (χ4v) is 1.49. The van der Waals surface area contributed by atoms with Crippen molar-refractivity contribution in [3.8, 4) is 0 Å². The molecule has 1 rings (SSSR count). The summed E-state index contributed by atoms with van der Waals surface area (Å²) in [5.41, 5.74) is 1.88. The highest BCUT2D eigenvalue weighted by atomic mass is 16.1. The number of nitrogens with one attached hydrogen (secondary N) is 1. The van der Waals surface area contributed by atoms with Crippen molar-refractivity contribution in [2.45, 2.75) is 27.2 Å². The molecule has 1 aromatic rings. The second kappa shape index (κ2) is 7.49. The van der Waals surface area contributed by atoms with Crippen molar-refractivity contribution in [1.29, 1.82) is 0 Å². The first-order valence-electron chi connectivity index (χ1n) is 6.30. The Kier molecular flexibility index (Phi) is 5.92. The van der Waals surface area contributed by atoms with Gasteiger partial charge in [0.1, 0.15) is 0 Å². The van der Waals surface area contributed by atoms with E-state index in [0.717, 1.165) is 11.3 Å². The zero-order valence-electron chi connectivity index (χ0n) is 11.3. The number of carbonyl (C=O) groups excluding carboxylic acids is 1. The van der Waals surface area contributed by atoms with Crippen LogP contribution in [0.5, 0.6) is 0 Å². The molecule has 1 aromatic carbocycles. The lowest BCUT2D eigenvalue weighted by molar-refractivity contribution is -0.119. The number of carbonyl (C=O) groups is 1. The van der Waals surface area contributed by atoms with Crippen molar-refractivity contribution < 1.29 is 4.79 Å². The molecule has 0 bridgehead atoms. The van der Waals surface area contributed by atoms with E-state index in [4.69, 9.17) is 0 Å². The maximum Gasteiger partial charge on any atom is 0.228 e. The van der Waals surface area contributed by atoms with Crippen molar-refractivity contribution in [3.05, 3.63) is 59.8 Å². The second-order valence-electron chi connectivity index (χ2n) is 4.56. The predicted molar refractivity (Wildman–Crippen MR) is 76.0 cm³/mol. The number of benzene rings is 1. The Balaban J connectivity index is 2.53. The molecular weight excluding hydrogens is 222 g/mol. The summed E-state index contributed by atoms with van der Waals surface area (Å²) in [6.07, 6.45) is 6.33. The van der Waals surface area contributed by atoms with E-state index in [1.165, 1.54) is 0 Å². The summed E-state index contributed by atoms with van der Waals surface area (Å²) in [6.45, 7) is 6.13. The average Bonchev–Trinajstić information content (AvgIpc) is 2.35. The molecule has 0 heterocycles. The van der Waals surface area contributed by atoms with Gasteiger partial charge in [-0.1, -0.05) is 56.3 Å². The highest BCUT2D eigenvalue weighted by Gasteiger charge is 2.03. The highest BCUT2D eigenvalue weighted by Crippen LogP contribution is 2.02. The zero-order chi connectivity index (χ0) is 13.4. The van der Waals surface area contributed by atoms with Gasteiger partial charge in [0.15, 0.2) is 0 Å². The summed E-state index contributed by atoms with van der Waals surface area (Å²) < 4.78 is 0. The first-order valence-corrected chi connectivity index (χ1v) is 6.30. The van der Waals surface area contributed by atoms with Crippen LogP contribution in [0.3, 0.4) is 0 Å². The van der Waals surface area contributed by atoms with Crippen LogP contribution in [0.15, 0.2) is 54.3 Å². The van der Waals surface area contributed by atoms with E-state index in [2.05, 4.69) is 25.2 Å². The van der Waals surface area contributed by atoms with Crippen LogP contribution in [0, 0.1) is 5.92 Å². The van der Waals surface area contributed by atoms with Crippen LogP contribution in [0.4, 0.5) is 0 Å².